The number of unbranched alkanes of at least 4 members (excludes halogenated alkanes) is 1. The van der Waals surface area contributed by atoms with E-state index in [0.29, 0.717) is 26.3 Å². The minimum absolute atomic E-state index is 0.0828. The summed E-state index contributed by atoms with van der Waals surface area (Å²) >= 11 is 0. The highest BCUT2D eigenvalue weighted by Crippen LogP contribution is 1.98. The summed E-state index contributed by atoms with van der Waals surface area (Å²) in [4.78, 5) is 13.4. The SMILES string of the molecule is CCC/C=C/C=C\C(=O)N1CCOCC1. The average Bonchev–Trinajstić information content (AvgIpc) is 2.30. The third-order valence-corrected chi connectivity index (χ3v) is 2.26. The van der Waals surface area contributed by atoms with Crippen LogP contribution in [0.1, 0.15) is 19.8 Å². The summed E-state index contributed by atoms with van der Waals surface area (Å²) in [5, 5.41) is 0. The van der Waals surface area contributed by atoms with Gasteiger partial charge in [-0.1, -0.05) is 31.6 Å². The van der Waals surface area contributed by atoms with Crippen LogP contribution in [0.25, 0.3) is 0 Å². The van der Waals surface area contributed by atoms with Crippen molar-refractivity contribution >= 4 is 5.91 Å². The molecule has 3 nitrogen and oxygen atoms in total. The zero-order valence-electron chi connectivity index (χ0n) is 9.32. The van der Waals surface area contributed by atoms with Crippen LogP contribution in [0.2, 0.25) is 0 Å². The molecule has 0 aromatic rings. The second-order valence-electron chi connectivity index (χ2n) is 3.51. The van der Waals surface area contributed by atoms with Crippen LogP contribution in [0.5, 0.6) is 0 Å². The van der Waals surface area contributed by atoms with E-state index in [-0.39, 0.29) is 5.91 Å². The van der Waals surface area contributed by atoms with E-state index in [1.807, 2.05) is 17.1 Å². The normalized spacial score (nSPS) is 17.8. The van der Waals surface area contributed by atoms with E-state index in [4.69, 9.17) is 4.74 Å². The Morgan fingerprint density at radius 3 is 2.73 bits per heavy atom. The monoisotopic (exact) mass is 209 g/mol. The molecule has 1 rings (SSSR count). The predicted octanol–water partition coefficient (Wildman–Crippen LogP) is 1.76. The second kappa shape index (κ2) is 7.23. The Hall–Kier alpha value is -1.09. The lowest BCUT2D eigenvalue weighted by Crippen LogP contribution is -2.39. The average molecular weight is 209 g/mol. The first-order chi connectivity index (χ1) is 7.34. The third kappa shape index (κ3) is 4.79. The lowest BCUT2D eigenvalue weighted by Gasteiger charge is -2.25. The standard InChI is InChI=1S/C12H19NO2/c1-2-3-4-5-6-7-12(14)13-8-10-15-11-9-13/h4-7H,2-3,8-11H2,1H3/b5-4+,7-6-. The molecule has 0 saturated carbocycles. The van der Waals surface area contributed by atoms with Gasteiger partial charge < -0.3 is 9.64 Å². The van der Waals surface area contributed by atoms with Gasteiger partial charge in [0, 0.05) is 19.2 Å². The highest BCUT2D eigenvalue weighted by Gasteiger charge is 2.13. The van der Waals surface area contributed by atoms with E-state index in [2.05, 4.69) is 13.0 Å². The minimum Gasteiger partial charge on any atom is -0.378 e. The molecule has 0 radical (unpaired) electrons. The van der Waals surface area contributed by atoms with Crippen molar-refractivity contribution in [1.82, 2.24) is 4.90 Å². The van der Waals surface area contributed by atoms with E-state index in [1.165, 1.54) is 0 Å². The van der Waals surface area contributed by atoms with Crippen molar-refractivity contribution in [2.24, 2.45) is 0 Å². The van der Waals surface area contributed by atoms with E-state index < -0.39 is 0 Å². The Morgan fingerprint density at radius 2 is 2.07 bits per heavy atom. The van der Waals surface area contributed by atoms with Crippen molar-refractivity contribution < 1.29 is 9.53 Å². The maximum atomic E-state index is 11.6. The molecule has 0 unspecified atom stereocenters. The van der Waals surface area contributed by atoms with Gasteiger partial charge in [-0.2, -0.15) is 0 Å². The fourth-order valence-electron chi connectivity index (χ4n) is 1.37. The molecule has 1 heterocycles. The van der Waals surface area contributed by atoms with Crippen molar-refractivity contribution in [2.45, 2.75) is 19.8 Å². The van der Waals surface area contributed by atoms with Crippen LogP contribution in [0, 0.1) is 0 Å². The van der Waals surface area contributed by atoms with Crippen LogP contribution in [0.4, 0.5) is 0 Å². The molecular formula is C12H19NO2. The molecule has 0 atom stereocenters. The smallest absolute Gasteiger partial charge is 0.246 e. The molecule has 84 valence electrons. The van der Waals surface area contributed by atoms with Gasteiger partial charge in [0.2, 0.25) is 5.91 Å². The molecule has 1 aliphatic heterocycles. The number of hydrogen-bond acceptors (Lipinski definition) is 2. The van der Waals surface area contributed by atoms with Crippen molar-refractivity contribution in [3.63, 3.8) is 0 Å². The lowest BCUT2D eigenvalue weighted by atomic mass is 10.3. The topological polar surface area (TPSA) is 29.5 Å². The van der Waals surface area contributed by atoms with E-state index in [0.717, 1.165) is 12.8 Å². The molecule has 0 aromatic carbocycles. The van der Waals surface area contributed by atoms with Gasteiger partial charge in [0.25, 0.3) is 0 Å². The summed E-state index contributed by atoms with van der Waals surface area (Å²) in [6.07, 6.45) is 9.65. The highest BCUT2D eigenvalue weighted by atomic mass is 16.5. The van der Waals surface area contributed by atoms with Crippen LogP contribution in [-0.4, -0.2) is 37.1 Å². The summed E-state index contributed by atoms with van der Waals surface area (Å²) in [5.41, 5.74) is 0. The molecule has 3 heteroatoms. The minimum atomic E-state index is 0.0828. The molecule has 0 bridgehead atoms. The molecular weight excluding hydrogens is 190 g/mol. The van der Waals surface area contributed by atoms with Gasteiger partial charge >= 0.3 is 0 Å². The number of amides is 1. The lowest BCUT2D eigenvalue weighted by molar-refractivity contribution is -0.129. The summed E-state index contributed by atoms with van der Waals surface area (Å²) in [6.45, 7) is 4.87. The predicted molar refractivity (Wildman–Crippen MR) is 60.6 cm³/mol. The van der Waals surface area contributed by atoms with E-state index in [9.17, 15) is 4.79 Å². The number of ether oxygens (including phenoxy) is 1. The van der Waals surface area contributed by atoms with E-state index >= 15 is 0 Å². The van der Waals surface area contributed by atoms with Crippen molar-refractivity contribution in [2.75, 3.05) is 26.3 Å². The number of carbonyl (C=O) groups is 1. The number of morpholine rings is 1. The Morgan fingerprint density at radius 1 is 1.33 bits per heavy atom. The van der Waals surface area contributed by atoms with Gasteiger partial charge in [-0.25, -0.2) is 0 Å². The van der Waals surface area contributed by atoms with Gasteiger partial charge in [0.15, 0.2) is 0 Å². The molecule has 1 aliphatic rings. The van der Waals surface area contributed by atoms with Crippen LogP contribution in [0.15, 0.2) is 24.3 Å². The fourth-order valence-corrected chi connectivity index (χ4v) is 1.37. The summed E-state index contributed by atoms with van der Waals surface area (Å²) < 4.78 is 5.18. The molecule has 15 heavy (non-hydrogen) atoms. The van der Waals surface area contributed by atoms with Crippen molar-refractivity contribution in [1.29, 1.82) is 0 Å². The Labute approximate surface area is 91.4 Å². The van der Waals surface area contributed by atoms with Gasteiger partial charge in [-0.15, -0.1) is 0 Å². The largest absolute Gasteiger partial charge is 0.378 e. The molecule has 1 saturated heterocycles. The van der Waals surface area contributed by atoms with Crippen LogP contribution in [-0.2, 0) is 9.53 Å². The Kier molecular flexibility index (Phi) is 5.78. The number of carbonyl (C=O) groups excluding carboxylic acids is 1. The first kappa shape index (κ1) is 12.0. The fraction of sp³-hybridized carbons (Fsp3) is 0.583. The summed E-state index contributed by atoms with van der Waals surface area (Å²) in [5.74, 6) is 0.0828. The first-order valence-electron chi connectivity index (χ1n) is 5.54. The zero-order valence-corrected chi connectivity index (χ0v) is 9.32. The molecule has 1 fully saturated rings. The Bertz CT molecular complexity index is 240. The Balaban J connectivity index is 2.27. The molecule has 0 aliphatic carbocycles. The number of allylic oxidation sites excluding steroid dienone is 3. The molecule has 1 amide bonds. The number of hydrogen-bond donors (Lipinski definition) is 0. The zero-order chi connectivity index (χ0) is 10.9. The van der Waals surface area contributed by atoms with Crippen molar-refractivity contribution in [3.05, 3.63) is 24.3 Å². The highest BCUT2D eigenvalue weighted by molar-refractivity contribution is 5.87. The molecule has 0 spiro atoms. The quantitative estimate of drug-likeness (QED) is 0.521. The summed E-state index contributed by atoms with van der Waals surface area (Å²) in [7, 11) is 0. The van der Waals surface area contributed by atoms with Gasteiger partial charge in [-0.3, -0.25) is 4.79 Å². The molecule has 0 aromatic heterocycles. The van der Waals surface area contributed by atoms with Gasteiger partial charge in [-0.05, 0) is 6.42 Å². The number of nitrogens with zero attached hydrogens (tertiary/aromatic N) is 1. The maximum Gasteiger partial charge on any atom is 0.246 e. The van der Waals surface area contributed by atoms with Gasteiger partial charge in [0.05, 0.1) is 13.2 Å². The maximum absolute atomic E-state index is 11.6. The third-order valence-electron chi connectivity index (χ3n) is 2.26. The van der Waals surface area contributed by atoms with Crippen molar-refractivity contribution in [3.8, 4) is 0 Å². The van der Waals surface area contributed by atoms with Crippen LogP contribution >= 0.6 is 0 Å². The number of rotatable bonds is 4. The molecule has 0 N–H and O–H groups in total. The van der Waals surface area contributed by atoms with Crippen LogP contribution < -0.4 is 0 Å². The van der Waals surface area contributed by atoms with Crippen LogP contribution in [0.3, 0.4) is 0 Å². The van der Waals surface area contributed by atoms with Gasteiger partial charge in [0.1, 0.15) is 0 Å². The first-order valence-corrected chi connectivity index (χ1v) is 5.54. The summed E-state index contributed by atoms with van der Waals surface area (Å²) in [6, 6.07) is 0. The van der Waals surface area contributed by atoms with E-state index in [1.54, 1.807) is 6.08 Å². The second-order valence-corrected chi connectivity index (χ2v) is 3.51.